The van der Waals surface area contributed by atoms with E-state index in [1.165, 1.54) is 16.2 Å². The average Bonchev–Trinajstić information content (AvgIpc) is 3.16. The monoisotopic (exact) mass is 362 g/mol. The summed E-state index contributed by atoms with van der Waals surface area (Å²) in [5.74, 6) is 0.728. The summed E-state index contributed by atoms with van der Waals surface area (Å²) in [7, 11) is 3.34. The van der Waals surface area contributed by atoms with Crippen LogP contribution in [0.3, 0.4) is 0 Å². The molecule has 0 saturated carbocycles. The molecule has 134 valence electrons. The SMILES string of the molecule is Cc1nc(C(C)C)sc1C(=O)N1CCc2onc(C(=O)N(C)C)c2C1. The molecule has 0 fully saturated rings. The van der Waals surface area contributed by atoms with Gasteiger partial charge in [0.15, 0.2) is 5.69 Å². The van der Waals surface area contributed by atoms with Gasteiger partial charge >= 0.3 is 0 Å². The van der Waals surface area contributed by atoms with Gasteiger partial charge < -0.3 is 14.3 Å². The Kier molecular flexibility index (Phi) is 4.64. The lowest BCUT2D eigenvalue weighted by Crippen LogP contribution is -2.36. The summed E-state index contributed by atoms with van der Waals surface area (Å²) in [6.45, 7) is 6.88. The van der Waals surface area contributed by atoms with Gasteiger partial charge in [0.25, 0.3) is 11.8 Å². The zero-order valence-electron chi connectivity index (χ0n) is 15.1. The van der Waals surface area contributed by atoms with E-state index in [4.69, 9.17) is 4.52 Å². The van der Waals surface area contributed by atoms with Gasteiger partial charge in [-0.1, -0.05) is 19.0 Å². The summed E-state index contributed by atoms with van der Waals surface area (Å²) in [6.07, 6.45) is 0.559. The first kappa shape index (κ1) is 17.6. The fourth-order valence-corrected chi connectivity index (χ4v) is 3.81. The first-order chi connectivity index (χ1) is 11.8. The van der Waals surface area contributed by atoms with E-state index in [9.17, 15) is 9.59 Å². The molecular formula is C17H22N4O3S. The van der Waals surface area contributed by atoms with Crippen LogP contribution in [-0.2, 0) is 13.0 Å². The number of fused-ring (bicyclic) bond motifs is 1. The summed E-state index contributed by atoms with van der Waals surface area (Å²) in [4.78, 5) is 33.6. The summed E-state index contributed by atoms with van der Waals surface area (Å²) < 4.78 is 5.31. The van der Waals surface area contributed by atoms with Crippen molar-refractivity contribution in [2.24, 2.45) is 0 Å². The maximum absolute atomic E-state index is 13.0. The number of hydrogen-bond donors (Lipinski definition) is 0. The third-order valence-electron chi connectivity index (χ3n) is 4.22. The van der Waals surface area contributed by atoms with Crippen molar-refractivity contribution in [1.82, 2.24) is 19.9 Å². The lowest BCUT2D eigenvalue weighted by molar-refractivity contribution is 0.0727. The second-order valence-corrected chi connectivity index (χ2v) is 7.76. The molecule has 0 spiro atoms. The van der Waals surface area contributed by atoms with Crippen LogP contribution in [0, 0.1) is 6.92 Å². The second-order valence-electron chi connectivity index (χ2n) is 6.73. The molecule has 8 heteroatoms. The number of rotatable bonds is 3. The van der Waals surface area contributed by atoms with Crippen LogP contribution in [0.25, 0.3) is 0 Å². The number of thiazole rings is 1. The van der Waals surface area contributed by atoms with Gasteiger partial charge in [-0.3, -0.25) is 9.59 Å². The predicted molar refractivity (Wildman–Crippen MR) is 93.9 cm³/mol. The van der Waals surface area contributed by atoms with Gasteiger partial charge in [-0.15, -0.1) is 11.3 Å². The molecule has 2 amide bonds. The molecule has 3 heterocycles. The number of hydrogen-bond acceptors (Lipinski definition) is 6. The van der Waals surface area contributed by atoms with Gasteiger partial charge in [0.05, 0.1) is 17.2 Å². The predicted octanol–water partition coefficient (Wildman–Crippen LogP) is 2.46. The van der Waals surface area contributed by atoms with Crippen LogP contribution in [-0.4, -0.2) is 52.4 Å². The highest BCUT2D eigenvalue weighted by Gasteiger charge is 2.32. The molecule has 2 aromatic heterocycles. The van der Waals surface area contributed by atoms with Crippen LogP contribution in [0.1, 0.15) is 62.0 Å². The van der Waals surface area contributed by atoms with E-state index < -0.39 is 0 Å². The van der Waals surface area contributed by atoms with E-state index in [1.54, 1.807) is 19.0 Å². The van der Waals surface area contributed by atoms with Crippen LogP contribution < -0.4 is 0 Å². The zero-order chi connectivity index (χ0) is 18.3. The largest absolute Gasteiger partial charge is 0.360 e. The first-order valence-corrected chi connectivity index (χ1v) is 9.07. The Hall–Kier alpha value is -2.22. The Balaban J connectivity index is 1.86. The molecule has 25 heavy (non-hydrogen) atoms. The van der Waals surface area contributed by atoms with Crippen molar-refractivity contribution in [3.8, 4) is 0 Å². The molecule has 0 saturated heterocycles. The number of amides is 2. The normalized spacial score (nSPS) is 13.9. The van der Waals surface area contributed by atoms with E-state index >= 15 is 0 Å². The molecule has 0 aromatic carbocycles. The van der Waals surface area contributed by atoms with E-state index in [0.717, 1.165) is 10.7 Å². The number of aryl methyl sites for hydroxylation is 1. The lowest BCUT2D eigenvalue weighted by Gasteiger charge is -2.26. The second kappa shape index (κ2) is 6.59. The molecule has 0 unspecified atom stereocenters. The summed E-state index contributed by atoms with van der Waals surface area (Å²) >= 11 is 1.45. The van der Waals surface area contributed by atoms with Gasteiger partial charge in [0.2, 0.25) is 0 Å². The highest BCUT2D eigenvalue weighted by molar-refractivity contribution is 7.13. The van der Waals surface area contributed by atoms with E-state index in [1.807, 2.05) is 6.92 Å². The van der Waals surface area contributed by atoms with Crippen molar-refractivity contribution < 1.29 is 14.1 Å². The van der Waals surface area contributed by atoms with Crippen molar-refractivity contribution in [1.29, 1.82) is 0 Å². The van der Waals surface area contributed by atoms with Crippen molar-refractivity contribution in [3.63, 3.8) is 0 Å². The molecule has 1 aliphatic heterocycles. The van der Waals surface area contributed by atoms with Crippen LogP contribution in [0.4, 0.5) is 0 Å². The minimum absolute atomic E-state index is 0.0444. The third-order valence-corrected chi connectivity index (χ3v) is 5.67. The van der Waals surface area contributed by atoms with Gasteiger partial charge in [-0.25, -0.2) is 4.98 Å². The standard InChI is InChI=1S/C17H22N4O3S/c1-9(2)15-18-10(3)14(25-15)17(23)21-7-6-12-11(8-21)13(19-24-12)16(22)20(4)5/h9H,6-8H2,1-5H3. The molecule has 0 N–H and O–H groups in total. The van der Waals surface area contributed by atoms with E-state index in [2.05, 4.69) is 24.0 Å². The van der Waals surface area contributed by atoms with Crippen molar-refractivity contribution in [2.75, 3.05) is 20.6 Å². The van der Waals surface area contributed by atoms with Gasteiger partial charge in [-0.2, -0.15) is 0 Å². The topological polar surface area (TPSA) is 79.5 Å². The smallest absolute Gasteiger partial charge is 0.275 e. The Morgan fingerprint density at radius 3 is 2.64 bits per heavy atom. The first-order valence-electron chi connectivity index (χ1n) is 8.25. The molecule has 0 aliphatic carbocycles. The summed E-state index contributed by atoms with van der Waals surface area (Å²) in [5.41, 5.74) is 1.77. The van der Waals surface area contributed by atoms with Crippen molar-refractivity contribution >= 4 is 23.2 Å². The third kappa shape index (κ3) is 3.18. The van der Waals surface area contributed by atoms with Crippen molar-refractivity contribution in [2.45, 2.75) is 39.7 Å². The Bertz CT molecular complexity index is 822. The number of nitrogens with zero attached hydrogens (tertiary/aromatic N) is 4. The minimum atomic E-state index is -0.213. The molecular weight excluding hydrogens is 340 g/mol. The summed E-state index contributed by atoms with van der Waals surface area (Å²) in [6, 6.07) is 0. The molecule has 3 rings (SSSR count). The summed E-state index contributed by atoms with van der Waals surface area (Å²) in [5, 5.41) is 4.88. The Labute approximate surface area is 150 Å². The Morgan fingerprint density at radius 2 is 2.04 bits per heavy atom. The molecule has 7 nitrogen and oxygen atoms in total. The van der Waals surface area contributed by atoms with Gasteiger partial charge in [0.1, 0.15) is 10.6 Å². The van der Waals surface area contributed by atoms with Gasteiger partial charge in [-0.05, 0) is 6.92 Å². The molecule has 0 atom stereocenters. The van der Waals surface area contributed by atoms with Crippen LogP contribution in [0.2, 0.25) is 0 Å². The average molecular weight is 362 g/mol. The fraction of sp³-hybridized carbons (Fsp3) is 0.529. The Morgan fingerprint density at radius 1 is 1.32 bits per heavy atom. The van der Waals surface area contributed by atoms with Gasteiger partial charge in [0, 0.05) is 38.5 Å². The number of carbonyl (C=O) groups excluding carboxylic acids is 2. The molecule has 2 aromatic rings. The van der Waals surface area contributed by atoms with Crippen molar-refractivity contribution in [3.05, 3.63) is 32.6 Å². The number of aromatic nitrogens is 2. The van der Waals surface area contributed by atoms with E-state index in [-0.39, 0.29) is 11.8 Å². The number of carbonyl (C=O) groups is 2. The maximum atomic E-state index is 13.0. The fourth-order valence-electron chi connectivity index (χ4n) is 2.77. The minimum Gasteiger partial charge on any atom is -0.360 e. The lowest BCUT2D eigenvalue weighted by atomic mass is 10.1. The quantitative estimate of drug-likeness (QED) is 0.838. The van der Waals surface area contributed by atoms with E-state index in [0.29, 0.717) is 47.3 Å². The highest BCUT2D eigenvalue weighted by Crippen LogP contribution is 2.29. The van der Waals surface area contributed by atoms with Crippen LogP contribution in [0.15, 0.2) is 4.52 Å². The molecule has 0 radical (unpaired) electrons. The zero-order valence-corrected chi connectivity index (χ0v) is 15.9. The molecule has 1 aliphatic rings. The van der Waals surface area contributed by atoms with Crippen LogP contribution in [0.5, 0.6) is 0 Å². The highest BCUT2D eigenvalue weighted by atomic mass is 32.1. The van der Waals surface area contributed by atoms with Crippen LogP contribution >= 0.6 is 11.3 Å². The maximum Gasteiger partial charge on any atom is 0.275 e. The molecule has 0 bridgehead atoms.